The first kappa shape index (κ1) is 7.15. The van der Waals surface area contributed by atoms with E-state index in [9.17, 15) is 0 Å². The number of aromatic nitrogens is 1. The van der Waals surface area contributed by atoms with E-state index in [0.717, 1.165) is 12.8 Å². The number of nitrogens with two attached hydrogens (primary N) is 1. The molecule has 0 unspecified atom stereocenters. The summed E-state index contributed by atoms with van der Waals surface area (Å²) in [6, 6.07) is 10.5. The van der Waals surface area contributed by atoms with Gasteiger partial charge in [-0.05, 0) is 30.4 Å². The van der Waals surface area contributed by atoms with Crippen molar-refractivity contribution in [3.05, 3.63) is 36.0 Å². The molecule has 3 N–H and O–H groups in total. The Labute approximate surface area is 76.8 Å². The van der Waals surface area contributed by atoms with Gasteiger partial charge in [-0.1, -0.05) is 18.2 Å². The highest BCUT2D eigenvalue weighted by molar-refractivity contribution is 5.80. The third kappa shape index (κ3) is 0.988. The van der Waals surface area contributed by atoms with Gasteiger partial charge in [-0.15, -0.1) is 0 Å². The second-order valence-electron chi connectivity index (χ2n) is 3.93. The van der Waals surface area contributed by atoms with Crippen LogP contribution in [-0.2, 0) is 5.54 Å². The van der Waals surface area contributed by atoms with E-state index in [1.165, 1.54) is 16.6 Å². The van der Waals surface area contributed by atoms with Crippen LogP contribution in [0.1, 0.15) is 18.5 Å². The molecule has 0 amide bonds. The molecule has 0 atom stereocenters. The third-order valence-electron chi connectivity index (χ3n) is 2.86. The van der Waals surface area contributed by atoms with Gasteiger partial charge in [0.05, 0.1) is 5.54 Å². The molecule has 0 spiro atoms. The van der Waals surface area contributed by atoms with Gasteiger partial charge in [-0.3, -0.25) is 0 Å². The summed E-state index contributed by atoms with van der Waals surface area (Å²) in [7, 11) is 0. The van der Waals surface area contributed by atoms with Gasteiger partial charge in [0.15, 0.2) is 0 Å². The van der Waals surface area contributed by atoms with E-state index in [2.05, 4.69) is 29.2 Å². The fraction of sp³-hybridized carbons (Fsp3) is 0.273. The highest BCUT2D eigenvalue weighted by Crippen LogP contribution is 2.42. The van der Waals surface area contributed by atoms with Crippen molar-refractivity contribution < 1.29 is 0 Å². The van der Waals surface area contributed by atoms with Crippen LogP contribution in [0.4, 0.5) is 0 Å². The Morgan fingerprint density at radius 3 is 2.69 bits per heavy atom. The maximum atomic E-state index is 6.10. The molecule has 66 valence electrons. The minimum absolute atomic E-state index is 0.0426. The molecule has 1 fully saturated rings. The van der Waals surface area contributed by atoms with Gasteiger partial charge in [0, 0.05) is 11.2 Å². The maximum absolute atomic E-state index is 6.10. The molecular formula is C11H12N2. The normalized spacial score (nSPS) is 19.2. The van der Waals surface area contributed by atoms with Crippen LogP contribution in [0.2, 0.25) is 0 Å². The van der Waals surface area contributed by atoms with Crippen molar-refractivity contribution >= 4 is 10.9 Å². The summed E-state index contributed by atoms with van der Waals surface area (Å²) in [4.78, 5) is 3.37. The zero-order valence-corrected chi connectivity index (χ0v) is 7.38. The van der Waals surface area contributed by atoms with E-state index >= 15 is 0 Å². The molecule has 1 aliphatic rings. The Morgan fingerprint density at radius 1 is 1.23 bits per heavy atom. The van der Waals surface area contributed by atoms with E-state index in [1.54, 1.807) is 0 Å². The Morgan fingerprint density at radius 2 is 2.00 bits per heavy atom. The molecule has 2 heteroatoms. The lowest BCUT2D eigenvalue weighted by atomic mass is 10.2. The molecule has 1 heterocycles. The van der Waals surface area contributed by atoms with Crippen LogP contribution in [0, 0.1) is 0 Å². The minimum atomic E-state index is -0.0426. The lowest BCUT2D eigenvalue weighted by molar-refractivity contribution is 0.717. The van der Waals surface area contributed by atoms with Crippen molar-refractivity contribution in [3.8, 4) is 0 Å². The van der Waals surface area contributed by atoms with E-state index in [0.29, 0.717) is 0 Å². The minimum Gasteiger partial charge on any atom is -0.357 e. The number of fused-ring (bicyclic) bond motifs is 1. The average molecular weight is 172 g/mol. The van der Waals surface area contributed by atoms with Crippen molar-refractivity contribution in [3.63, 3.8) is 0 Å². The molecule has 1 aromatic carbocycles. The first-order valence-electron chi connectivity index (χ1n) is 4.65. The van der Waals surface area contributed by atoms with E-state index in [1.807, 2.05) is 6.07 Å². The predicted molar refractivity (Wildman–Crippen MR) is 53.4 cm³/mol. The highest BCUT2D eigenvalue weighted by Gasteiger charge is 2.41. The molecule has 13 heavy (non-hydrogen) atoms. The number of benzene rings is 1. The number of nitrogens with one attached hydrogen (secondary N) is 1. The molecule has 2 aromatic rings. The lowest BCUT2D eigenvalue weighted by Crippen LogP contribution is -2.18. The second-order valence-corrected chi connectivity index (χ2v) is 3.93. The molecule has 0 aliphatic heterocycles. The van der Waals surface area contributed by atoms with Crippen molar-refractivity contribution in [1.82, 2.24) is 4.98 Å². The van der Waals surface area contributed by atoms with Crippen molar-refractivity contribution in [2.24, 2.45) is 5.73 Å². The van der Waals surface area contributed by atoms with Crippen LogP contribution >= 0.6 is 0 Å². The fourth-order valence-corrected chi connectivity index (χ4v) is 1.75. The monoisotopic (exact) mass is 172 g/mol. The van der Waals surface area contributed by atoms with Crippen LogP contribution in [0.5, 0.6) is 0 Å². The van der Waals surface area contributed by atoms with Crippen LogP contribution in [0.15, 0.2) is 30.3 Å². The zero-order valence-electron chi connectivity index (χ0n) is 7.38. The summed E-state index contributed by atoms with van der Waals surface area (Å²) in [5, 5.41) is 1.26. The van der Waals surface area contributed by atoms with Crippen molar-refractivity contribution in [2.75, 3.05) is 0 Å². The van der Waals surface area contributed by atoms with Gasteiger partial charge in [-0.2, -0.15) is 0 Å². The maximum Gasteiger partial charge on any atom is 0.0563 e. The van der Waals surface area contributed by atoms with Gasteiger partial charge in [0.25, 0.3) is 0 Å². The first-order chi connectivity index (χ1) is 6.28. The summed E-state index contributed by atoms with van der Waals surface area (Å²) in [5.74, 6) is 0. The molecular weight excluding hydrogens is 160 g/mol. The Hall–Kier alpha value is -1.28. The number of para-hydroxylation sites is 1. The van der Waals surface area contributed by atoms with Crippen LogP contribution < -0.4 is 5.73 Å². The third-order valence-corrected chi connectivity index (χ3v) is 2.86. The first-order valence-corrected chi connectivity index (χ1v) is 4.65. The summed E-state index contributed by atoms with van der Waals surface area (Å²) in [6.45, 7) is 0. The predicted octanol–water partition coefficient (Wildman–Crippen LogP) is 2.12. The van der Waals surface area contributed by atoms with Gasteiger partial charge in [-0.25, -0.2) is 0 Å². The molecule has 0 bridgehead atoms. The average Bonchev–Trinajstić information content (AvgIpc) is 2.76. The molecule has 1 aromatic heterocycles. The molecule has 3 rings (SSSR count). The molecule has 0 radical (unpaired) electrons. The fourth-order valence-electron chi connectivity index (χ4n) is 1.75. The van der Waals surface area contributed by atoms with Gasteiger partial charge in [0.1, 0.15) is 0 Å². The lowest BCUT2D eigenvalue weighted by Gasteiger charge is -2.03. The number of hydrogen-bond acceptors (Lipinski definition) is 1. The van der Waals surface area contributed by atoms with E-state index < -0.39 is 0 Å². The van der Waals surface area contributed by atoms with Crippen molar-refractivity contribution in [1.29, 1.82) is 0 Å². The van der Waals surface area contributed by atoms with Crippen molar-refractivity contribution in [2.45, 2.75) is 18.4 Å². The SMILES string of the molecule is NC1(c2cc3ccccc3[nH]2)CC1. The van der Waals surface area contributed by atoms with Gasteiger partial charge < -0.3 is 10.7 Å². The molecule has 1 aliphatic carbocycles. The van der Waals surface area contributed by atoms with E-state index in [-0.39, 0.29) is 5.54 Å². The topological polar surface area (TPSA) is 41.8 Å². The number of rotatable bonds is 1. The summed E-state index contributed by atoms with van der Waals surface area (Å²) < 4.78 is 0. The summed E-state index contributed by atoms with van der Waals surface area (Å²) >= 11 is 0. The summed E-state index contributed by atoms with van der Waals surface area (Å²) in [5.41, 5.74) is 8.44. The quantitative estimate of drug-likeness (QED) is 0.679. The number of H-pyrrole nitrogens is 1. The highest BCUT2D eigenvalue weighted by atomic mass is 14.9. The van der Waals surface area contributed by atoms with Crippen LogP contribution in [0.25, 0.3) is 10.9 Å². The zero-order chi connectivity index (χ0) is 8.89. The molecule has 2 nitrogen and oxygen atoms in total. The Bertz CT molecular complexity index is 419. The smallest absolute Gasteiger partial charge is 0.0563 e. The standard InChI is InChI=1S/C11H12N2/c12-11(5-6-11)10-7-8-3-1-2-4-9(8)13-10/h1-4,7,13H,5-6,12H2. The Kier molecular flexibility index (Phi) is 1.18. The second kappa shape index (κ2) is 2.15. The van der Waals surface area contributed by atoms with Crippen LogP contribution in [-0.4, -0.2) is 4.98 Å². The Balaban J connectivity index is 2.22. The summed E-state index contributed by atoms with van der Waals surface area (Å²) in [6.07, 6.45) is 2.22. The largest absolute Gasteiger partial charge is 0.357 e. The van der Waals surface area contributed by atoms with Crippen LogP contribution in [0.3, 0.4) is 0 Å². The number of aromatic amines is 1. The van der Waals surface area contributed by atoms with Gasteiger partial charge >= 0.3 is 0 Å². The molecule has 1 saturated carbocycles. The number of hydrogen-bond donors (Lipinski definition) is 2. The van der Waals surface area contributed by atoms with Gasteiger partial charge in [0.2, 0.25) is 0 Å². The molecule has 0 saturated heterocycles. The van der Waals surface area contributed by atoms with E-state index in [4.69, 9.17) is 5.73 Å².